The van der Waals surface area contributed by atoms with Crippen LogP contribution in [-0.4, -0.2) is 45.8 Å². The van der Waals surface area contributed by atoms with Crippen LogP contribution in [0.15, 0.2) is 0 Å². The summed E-state index contributed by atoms with van der Waals surface area (Å²) < 4.78 is 11.0. The molecule has 94 valence electrons. The smallest absolute Gasteiger partial charge is 0.241 e. The molecule has 1 rings (SSSR count). The van der Waals surface area contributed by atoms with Gasteiger partial charge in [0.05, 0.1) is 12.2 Å². The first-order valence-electron chi connectivity index (χ1n) is 5.84. The van der Waals surface area contributed by atoms with Gasteiger partial charge in [0.15, 0.2) is 0 Å². The van der Waals surface area contributed by atoms with Gasteiger partial charge in [-0.1, -0.05) is 20.3 Å². The van der Waals surface area contributed by atoms with Gasteiger partial charge in [-0.05, 0) is 12.8 Å². The molecule has 1 fully saturated rings. The zero-order valence-corrected chi connectivity index (χ0v) is 11.3. The fraction of sp³-hybridized carbons (Fsp3) is 0.909. The predicted octanol–water partition coefficient (Wildman–Crippen LogP) is 0.557. The van der Waals surface area contributed by atoms with E-state index in [1.54, 1.807) is 11.2 Å². The summed E-state index contributed by atoms with van der Waals surface area (Å²) >= 11 is 0. The van der Waals surface area contributed by atoms with Crippen molar-refractivity contribution in [2.45, 2.75) is 39.4 Å². The number of nitrogens with zero attached hydrogens (tertiary/aromatic N) is 1. The highest BCUT2D eigenvalue weighted by Crippen LogP contribution is 2.18. The van der Waals surface area contributed by atoms with Crippen molar-refractivity contribution in [1.29, 1.82) is 0 Å². The summed E-state index contributed by atoms with van der Waals surface area (Å²) in [6, 6.07) is -0.0645. The van der Waals surface area contributed by atoms with Crippen molar-refractivity contribution in [2.75, 3.05) is 18.6 Å². The Morgan fingerprint density at radius 1 is 1.56 bits per heavy atom. The van der Waals surface area contributed by atoms with Crippen molar-refractivity contribution < 1.29 is 9.00 Å². The maximum absolute atomic E-state index is 12.1. The lowest BCUT2D eigenvalue weighted by Gasteiger charge is -2.20. The Balaban J connectivity index is 2.60. The highest BCUT2D eigenvalue weighted by Gasteiger charge is 2.38. The van der Waals surface area contributed by atoms with E-state index < -0.39 is 10.8 Å². The average Bonchev–Trinajstić information content (AvgIpc) is 2.51. The lowest BCUT2D eigenvalue weighted by atomic mass is 9.99. The van der Waals surface area contributed by atoms with Crippen molar-refractivity contribution in [3.05, 3.63) is 0 Å². The summed E-state index contributed by atoms with van der Waals surface area (Å²) in [5, 5.41) is 3.31. The Hall–Kier alpha value is -0.420. The molecule has 16 heavy (non-hydrogen) atoms. The summed E-state index contributed by atoms with van der Waals surface area (Å²) in [4.78, 5) is 13.9. The van der Waals surface area contributed by atoms with Crippen molar-refractivity contribution in [3.8, 4) is 0 Å². The highest BCUT2D eigenvalue weighted by molar-refractivity contribution is 7.84. The van der Waals surface area contributed by atoms with Gasteiger partial charge in [-0.3, -0.25) is 14.3 Å². The largest absolute Gasteiger partial charge is 0.325 e. The van der Waals surface area contributed by atoms with Crippen LogP contribution in [0.5, 0.6) is 0 Å². The van der Waals surface area contributed by atoms with E-state index in [0.29, 0.717) is 18.2 Å². The van der Waals surface area contributed by atoms with E-state index in [2.05, 4.69) is 19.2 Å². The third kappa shape index (κ3) is 3.04. The van der Waals surface area contributed by atoms with Gasteiger partial charge in [-0.15, -0.1) is 0 Å². The molecule has 5 heteroatoms. The summed E-state index contributed by atoms with van der Waals surface area (Å²) in [6.45, 7) is 6.75. The Labute approximate surface area is 100 Å². The van der Waals surface area contributed by atoms with Gasteiger partial charge in [0.25, 0.3) is 0 Å². The summed E-state index contributed by atoms with van der Waals surface area (Å²) in [7, 11) is -0.837. The summed E-state index contributed by atoms with van der Waals surface area (Å²) in [6.07, 6.45) is 2.73. The monoisotopic (exact) mass is 246 g/mol. The van der Waals surface area contributed by atoms with Crippen LogP contribution in [0.2, 0.25) is 0 Å². The quantitative estimate of drug-likeness (QED) is 0.771. The maximum atomic E-state index is 12.1. The molecule has 1 amide bonds. The molecule has 0 radical (unpaired) electrons. The topological polar surface area (TPSA) is 49.4 Å². The van der Waals surface area contributed by atoms with E-state index in [1.807, 2.05) is 6.92 Å². The molecule has 0 aromatic rings. The second kappa shape index (κ2) is 5.77. The van der Waals surface area contributed by atoms with Crippen LogP contribution in [0, 0.1) is 5.92 Å². The number of carbonyl (C=O) groups excluding carboxylic acids is 1. The molecule has 4 atom stereocenters. The molecular formula is C11H22N2O2S. The number of hydrogen-bond donors (Lipinski definition) is 1. The first kappa shape index (κ1) is 13.6. The van der Waals surface area contributed by atoms with Crippen LogP contribution in [0.3, 0.4) is 0 Å². The first-order valence-corrected chi connectivity index (χ1v) is 7.56. The van der Waals surface area contributed by atoms with E-state index in [4.69, 9.17) is 0 Å². The second-order valence-electron chi connectivity index (χ2n) is 4.51. The van der Waals surface area contributed by atoms with Crippen molar-refractivity contribution >= 4 is 16.7 Å². The zero-order valence-electron chi connectivity index (χ0n) is 10.5. The fourth-order valence-electron chi connectivity index (χ4n) is 1.96. The molecule has 1 N–H and O–H groups in total. The first-order chi connectivity index (χ1) is 7.47. The third-order valence-corrected chi connectivity index (χ3v) is 4.03. The van der Waals surface area contributed by atoms with Crippen LogP contribution in [0.4, 0.5) is 0 Å². The lowest BCUT2D eigenvalue weighted by Crippen LogP contribution is -2.37. The van der Waals surface area contributed by atoms with Crippen LogP contribution >= 0.6 is 0 Å². The standard InChI is InChI=1S/C11H22N2O2S/c1-5-8(2)10-11(14)13(9(3)12-10)6-7-16(4)15/h8-10,12H,5-7H2,1-4H3. The van der Waals surface area contributed by atoms with Crippen molar-refractivity contribution in [3.63, 3.8) is 0 Å². The van der Waals surface area contributed by atoms with Gasteiger partial charge in [-0.2, -0.15) is 0 Å². The minimum absolute atomic E-state index is 0.0645. The molecule has 1 aliphatic rings. The van der Waals surface area contributed by atoms with Crippen molar-refractivity contribution in [1.82, 2.24) is 10.2 Å². The van der Waals surface area contributed by atoms with E-state index in [-0.39, 0.29) is 18.1 Å². The molecule has 4 unspecified atom stereocenters. The Morgan fingerprint density at radius 2 is 2.19 bits per heavy atom. The lowest BCUT2D eigenvalue weighted by molar-refractivity contribution is -0.130. The van der Waals surface area contributed by atoms with Gasteiger partial charge in [-0.25, -0.2) is 0 Å². The van der Waals surface area contributed by atoms with Gasteiger partial charge < -0.3 is 4.90 Å². The maximum Gasteiger partial charge on any atom is 0.241 e. The van der Waals surface area contributed by atoms with Gasteiger partial charge in [0.1, 0.15) is 0 Å². The Morgan fingerprint density at radius 3 is 2.69 bits per heavy atom. The molecule has 0 aromatic carbocycles. The van der Waals surface area contributed by atoms with Crippen molar-refractivity contribution in [2.24, 2.45) is 5.92 Å². The summed E-state index contributed by atoms with van der Waals surface area (Å²) in [5.74, 6) is 1.07. The molecular weight excluding hydrogens is 224 g/mol. The minimum Gasteiger partial charge on any atom is -0.325 e. The van der Waals surface area contributed by atoms with Crippen LogP contribution in [0.1, 0.15) is 27.2 Å². The average molecular weight is 246 g/mol. The molecule has 0 aliphatic carbocycles. The molecule has 0 bridgehead atoms. The molecule has 1 saturated heterocycles. The molecule has 0 spiro atoms. The van der Waals surface area contributed by atoms with Gasteiger partial charge in [0.2, 0.25) is 5.91 Å². The molecule has 1 heterocycles. The van der Waals surface area contributed by atoms with Crippen LogP contribution in [0.25, 0.3) is 0 Å². The molecule has 1 aliphatic heterocycles. The normalized spacial score (nSPS) is 29.5. The van der Waals surface area contributed by atoms with Gasteiger partial charge in [0, 0.05) is 29.4 Å². The van der Waals surface area contributed by atoms with E-state index >= 15 is 0 Å². The number of hydrogen-bond acceptors (Lipinski definition) is 3. The number of rotatable bonds is 5. The SMILES string of the molecule is CCC(C)C1NC(C)N(CCS(C)=O)C1=O. The Bertz CT molecular complexity index is 283. The van der Waals surface area contributed by atoms with E-state index in [9.17, 15) is 9.00 Å². The summed E-state index contributed by atoms with van der Waals surface area (Å²) in [5.41, 5.74) is 0. The van der Waals surface area contributed by atoms with Crippen LogP contribution < -0.4 is 5.32 Å². The van der Waals surface area contributed by atoms with Gasteiger partial charge >= 0.3 is 0 Å². The zero-order chi connectivity index (χ0) is 12.3. The number of amides is 1. The predicted molar refractivity (Wildman–Crippen MR) is 66.5 cm³/mol. The number of nitrogens with one attached hydrogen (secondary N) is 1. The second-order valence-corrected chi connectivity index (χ2v) is 6.07. The third-order valence-electron chi connectivity index (χ3n) is 3.27. The number of carbonyl (C=O) groups is 1. The Kier molecular flexibility index (Phi) is 4.92. The highest BCUT2D eigenvalue weighted by atomic mass is 32.2. The van der Waals surface area contributed by atoms with E-state index in [1.165, 1.54) is 0 Å². The van der Waals surface area contributed by atoms with Crippen LogP contribution in [-0.2, 0) is 15.6 Å². The molecule has 4 nitrogen and oxygen atoms in total. The minimum atomic E-state index is -0.837. The molecule has 0 aromatic heterocycles. The fourth-order valence-corrected chi connectivity index (χ4v) is 2.42. The molecule has 0 saturated carbocycles. The van der Waals surface area contributed by atoms with E-state index in [0.717, 1.165) is 6.42 Å².